The Morgan fingerprint density at radius 1 is 1.15 bits per heavy atom. The molecule has 2 rings (SSSR count). The number of pyridine rings is 1. The number of carboxylic acid groups (broad SMARTS) is 1. The van der Waals surface area contributed by atoms with Gasteiger partial charge in [-0.15, -0.1) is 0 Å². The molecule has 102 valence electrons. The Balaban J connectivity index is 2.34. The van der Waals surface area contributed by atoms with Gasteiger partial charge in [0.1, 0.15) is 6.54 Å². The van der Waals surface area contributed by atoms with Crippen molar-refractivity contribution in [2.24, 2.45) is 0 Å². The van der Waals surface area contributed by atoms with Crippen molar-refractivity contribution in [2.75, 3.05) is 11.4 Å². The zero-order chi connectivity index (χ0) is 14.5. The normalized spacial score (nSPS) is 10.1. The van der Waals surface area contributed by atoms with Crippen LogP contribution in [0.2, 0.25) is 0 Å². The van der Waals surface area contributed by atoms with Gasteiger partial charge in [0.05, 0.1) is 5.56 Å². The Labute approximate surface area is 116 Å². The highest BCUT2D eigenvalue weighted by atomic mass is 16.4. The second-order valence-electron chi connectivity index (χ2n) is 4.31. The number of para-hydroxylation sites is 1. The molecule has 1 aromatic heterocycles. The smallest absolute Gasteiger partial charge is 0.323 e. The van der Waals surface area contributed by atoms with Gasteiger partial charge in [0, 0.05) is 17.6 Å². The van der Waals surface area contributed by atoms with Crippen LogP contribution in [0.15, 0.2) is 48.7 Å². The zero-order valence-electron chi connectivity index (χ0n) is 11.0. The maximum atomic E-state index is 12.4. The van der Waals surface area contributed by atoms with E-state index in [9.17, 15) is 9.59 Å². The van der Waals surface area contributed by atoms with Crippen LogP contribution in [0.1, 0.15) is 16.1 Å². The van der Waals surface area contributed by atoms with Crippen LogP contribution in [0.5, 0.6) is 0 Å². The first-order valence-corrected chi connectivity index (χ1v) is 6.09. The molecule has 0 bridgehead atoms. The maximum Gasteiger partial charge on any atom is 0.323 e. The van der Waals surface area contributed by atoms with Gasteiger partial charge in [-0.1, -0.05) is 18.2 Å². The van der Waals surface area contributed by atoms with Crippen molar-refractivity contribution < 1.29 is 14.7 Å². The molecule has 1 amide bonds. The van der Waals surface area contributed by atoms with E-state index in [1.807, 2.05) is 6.92 Å². The van der Waals surface area contributed by atoms with Crippen LogP contribution in [0, 0.1) is 6.92 Å². The molecule has 0 unspecified atom stereocenters. The summed E-state index contributed by atoms with van der Waals surface area (Å²) in [6.07, 6.45) is 1.45. The summed E-state index contributed by atoms with van der Waals surface area (Å²) in [6, 6.07) is 12.1. The first-order chi connectivity index (χ1) is 9.58. The van der Waals surface area contributed by atoms with Crippen LogP contribution in [0.4, 0.5) is 5.69 Å². The van der Waals surface area contributed by atoms with Gasteiger partial charge in [0.2, 0.25) is 0 Å². The summed E-state index contributed by atoms with van der Waals surface area (Å²) in [5, 5.41) is 8.98. The summed E-state index contributed by atoms with van der Waals surface area (Å²) in [4.78, 5) is 28.7. The number of carboxylic acids is 1. The molecule has 2 aromatic rings. The lowest BCUT2D eigenvalue weighted by molar-refractivity contribution is -0.135. The van der Waals surface area contributed by atoms with Gasteiger partial charge in [-0.05, 0) is 31.2 Å². The molecule has 0 radical (unpaired) electrons. The quantitative estimate of drug-likeness (QED) is 0.923. The molecule has 1 aromatic carbocycles. The number of anilines is 1. The number of hydrogen-bond acceptors (Lipinski definition) is 3. The van der Waals surface area contributed by atoms with E-state index in [-0.39, 0.29) is 5.91 Å². The molecule has 5 nitrogen and oxygen atoms in total. The third kappa shape index (κ3) is 3.20. The fraction of sp³-hybridized carbons (Fsp3) is 0.133. The molecule has 0 fully saturated rings. The summed E-state index contributed by atoms with van der Waals surface area (Å²) in [7, 11) is 0. The molecule has 0 saturated carbocycles. The van der Waals surface area contributed by atoms with E-state index in [1.165, 1.54) is 11.1 Å². The van der Waals surface area contributed by atoms with Crippen LogP contribution in [0.25, 0.3) is 0 Å². The van der Waals surface area contributed by atoms with Gasteiger partial charge in [-0.3, -0.25) is 19.5 Å². The number of hydrogen-bond donors (Lipinski definition) is 1. The van der Waals surface area contributed by atoms with Crippen molar-refractivity contribution >= 4 is 17.6 Å². The number of amides is 1. The lowest BCUT2D eigenvalue weighted by Gasteiger charge is -2.20. The van der Waals surface area contributed by atoms with Gasteiger partial charge in [-0.2, -0.15) is 0 Å². The first-order valence-electron chi connectivity index (χ1n) is 6.09. The highest BCUT2D eigenvalue weighted by Gasteiger charge is 2.20. The Kier molecular flexibility index (Phi) is 4.10. The van der Waals surface area contributed by atoms with E-state index >= 15 is 0 Å². The fourth-order valence-corrected chi connectivity index (χ4v) is 1.77. The third-order valence-electron chi connectivity index (χ3n) is 2.76. The van der Waals surface area contributed by atoms with E-state index in [4.69, 9.17) is 5.11 Å². The van der Waals surface area contributed by atoms with Crippen molar-refractivity contribution in [3.63, 3.8) is 0 Å². The maximum absolute atomic E-state index is 12.4. The Bertz CT molecular complexity index is 609. The SMILES string of the molecule is Cc1ccc(C(=O)N(CC(=O)O)c2ccccc2)cn1. The summed E-state index contributed by atoms with van der Waals surface area (Å²) in [5.74, 6) is -1.45. The van der Waals surface area contributed by atoms with Gasteiger partial charge in [0.15, 0.2) is 0 Å². The van der Waals surface area contributed by atoms with E-state index in [0.29, 0.717) is 11.3 Å². The average molecular weight is 270 g/mol. The standard InChI is InChI=1S/C15H14N2O3/c1-11-7-8-12(9-16-11)15(20)17(10-14(18)19)13-5-3-2-4-6-13/h2-9H,10H2,1H3,(H,18,19). The van der Waals surface area contributed by atoms with Crippen LogP contribution in [-0.4, -0.2) is 28.5 Å². The largest absolute Gasteiger partial charge is 0.480 e. The summed E-state index contributed by atoms with van der Waals surface area (Å²) < 4.78 is 0. The molecule has 0 aliphatic carbocycles. The summed E-state index contributed by atoms with van der Waals surface area (Å²) in [5.41, 5.74) is 1.70. The first kappa shape index (κ1) is 13.7. The Morgan fingerprint density at radius 2 is 1.85 bits per heavy atom. The molecule has 0 aliphatic heterocycles. The van der Waals surface area contributed by atoms with Gasteiger partial charge < -0.3 is 5.11 Å². The molecular formula is C15H14N2O3. The monoisotopic (exact) mass is 270 g/mol. The molecule has 5 heteroatoms. The van der Waals surface area contributed by atoms with Crippen LogP contribution in [-0.2, 0) is 4.79 Å². The van der Waals surface area contributed by atoms with Crippen LogP contribution in [0.3, 0.4) is 0 Å². The minimum absolute atomic E-state index is 0.362. The van der Waals surface area contributed by atoms with Gasteiger partial charge in [0.25, 0.3) is 5.91 Å². The number of nitrogens with zero attached hydrogens (tertiary/aromatic N) is 2. The minimum atomic E-state index is -1.07. The molecule has 1 N–H and O–H groups in total. The average Bonchev–Trinajstić information content (AvgIpc) is 2.45. The van der Waals surface area contributed by atoms with Crippen molar-refractivity contribution in [3.05, 3.63) is 59.9 Å². The van der Waals surface area contributed by atoms with Crippen molar-refractivity contribution in [1.29, 1.82) is 0 Å². The molecule has 1 heterocycles. The number of benzene rings is 1. The number of rotatable bonds is 4. The highest BCUT2D eigenvalue weighted by molar-refractivity contribution is 6.08. The molecule has 0 spiro atoms. The molecule has 20 heavy (non-hydrogen) atoms. The topological polar surface area (TPSA) is 70.5 Å². The predicted octanol–water partition coefficient (Wildman–Crippen LogP) is 2.12. The minimum Gasteiger partial charge on any atom is -0.480 e. The van der Waals surface area contributed by atoms with Crippen molar-refractivity contribution in [2.45, 2.75) is 6.92 Å². The highest BCUT2D eigenvalue weighted by Crippen LogP contribution is 2.16. The molecule has 0 atom stereocenters. The number of aliphatic carboxylic acids is 1. The Morgan fingerprint density at radius 3 is 2.40 bits per heavy atom. The molecule has 0 aliphatic rings. The molecular weight excluding hydrogens is 256 g/mol. The van der Waals surface area contributed by atoms with Gasteiger partial charge in [-0.25, -0.2) is 0 Å². The number of carbonyl (C=O) groups is 2. The van der Waals surface area contributed by atoms with Crippen LogP contribution >= 0.6 is 0 Å². The third-order valence-corrected chi connectivity index (χ3v) is 2.76. The van der Waals surface area contributed by atoms with Crippen LogP contribution < -0.4 is 4.90 Å². The fourth-order valence-electron chi connectivity index (χ4n) is 1.77. The predicted molar refractivity (Wildman–Crippen MR) is 74.7 cm³/mol. The Hall–Kier alpha value is -2.69. The number of aromatic nitrogens is 1. The summed E-state index contributed by atoms with van der Waals surface area (Å²) in [6.45, 7) is 1.43. The lowest BCUT2D eigenvalue weighted by atomic mass is 10.2. The number of carbonyl (C=O) groups excluding carboxylic acids is 1. The van der Waals surface area contributed by atoms with Gasteiger partial charge >= 0.3 is 5.97 Å². The summed E-state index contributed by atoms with van der Waals surface area (Å²) >= 11 is 0. The van der Waals surface area contributed by atoms with E-state index in [0.717, 1.165) is 5.69 Å². The van der Waals surface area contributed by atoms with Crippen molar-refractivity contribution in [1.82, 2.24) is 4.98 Å². The van der Waals surface area contributed by atoms with E-state index in [1.54, 1.807) is 42.5 Å². The zero-order valence-corrected chi connectivity index (χ0v) is 11.0. The number of aryl methyl sites for hydroxylation is 1. The second kappa shape index (κ2) is 5.97. The van der Waals surface area contributed by atoms with E-state index < -0.39 is 12.5 Å². The lowest BCUT2D eigenvalue weighted by Crippen LogP contribution is -2.35. The van der Waals surface area contributed by atoms with E-state index in [2.05, 4.69) is 4.98 Å². The molecule has 0 saturated heterocycles. The van der Waals surface area contributed by atoms with Crippen molar-refractivity contribution in [3.8, 4) is 0 Å². The second-order valence-corrected chi connectivity index (χ2v) is 4.31.